The van der Waals surface area contributed by atoms with Crippen LogP contribution < -0.4 is 5.73 Å². The molecule has 1 atom stereocenters. The maximum Gasteiger partial charge on any atom is 0.339 e. The molecular formula is C16H15NO2. The average Bonchev–Trinajstić information content (AvgIpc) is 2.74. The first-order valence-corrected chi connectivity index (χ1v) is 6.25. The fourth-order valence-electron chi connectivity index (χ4n) is 2.46. The zero-order chi connectivity index (χ0) is 13.6. The third-order valence-corrected chi connectivity index (χ3v) is 3.79. The fourth-order valence-corrected chi connectivity index (χ4v) is 2.46. The smallest absolute Gasteiger partial charge is 0.339 e. The van der Waals surface area contributed by atoms with Gasteiger partial charge in [-0.25, -0.2) is 4.79 Å². The normalized spacial score (nSPS) is 17.2. The number of carbonyl (C=O) groups excluding carboxylic acids is 1. The van der Waals surface area contributed by atoms with Gasteiger partial charge in [-0.3, -0.25) is 0 Å². The standard InChI is InChI=1S/C16H15NO2/c1-9-7-8-13(14(17)10(9)2)15-11-5-3-4-6-12(11)16(18)19-15/h3-8,15H,17H2,1-2H3. The van der Waals surface area contributed by atoms with Crippen LogP contribution in [0.25, 0.3) is 0 Å². The zero-order valence-electron chi connectivity index (χ0n) is 10.9. The maximum absolute atomic E-state index is 11.8. The van der Waals surface area contributed by atoms with Crippen molar-refractivity contribution in [2.45, 2.75) is 20.0 Å². The van der Waals surface area contributed by atoms with E-state index in [1.807, 2.05) is 44.2 Å². The third kappa shape index (κ3) is 1.70. The number of anilines is 1. The van der Waals surface area contributed by atoms with E-state index in [1.54, 1.807) is 6.07 Å². The van der Waals surface area contributed by atoms with Crippen molar-refractivity contribution in [2.75, 3.05) is 5.73 Å². The van der Waals surface area contributed by atoms with E-state index in [4.69, 9.17) is 10.5 Å². The molecule has 1 aliphatic heterocycles. The zero-order valence-corrected chi connectivity index (χ0v) is 10.9. The van der Waals surface area contributed by atoms with Crippen LogP contribution in [-0.2, 0) is 4.74 Å². The lowest BCUT2D eigenvalue weighted by atomic mass is 9.94. The highest BCUT2D eigenvalue weighted by molar-refractivity contribution is 5.94. The van der Waals surface area contributed by atoms with Crippen molar-refractivity contribution in [2.24, 2.45) is 0 Å². The molecule has 0 aliphatic carbocycles. The summed E-state index contributed by atoms with van der Waals surface area (Å²) in [5.41, 5.74) is 11.4. The lowest BCUT2D eigenvalue weighted by Gasteiger charge is -2.16. The molecule has 3 nitrogen and oxygen atoms in total. The maximum atomic E-state index is 11.8. The van der Waals surface area contributed by atoms with E-state index in [-0.39, 0.29) is 12.1 Å². The molecule has 0 saturated heterocycles. The number of nitrogens with two attached hydrogens (primary N) is 1. The largest absolute Gasteiger partial charge is 0.449 e. The summed E-state index contributed by atoms with van der Waals surface area (Å²) in [6.07, 6.45) is -0.386. The van der Waals surface area contributed by atoms with E-state index in [9.17, 15) is 4.79 Å². The molecule has 3 rings (SSSR count). The van der Waals surface area contributed by atoms with Crippen LogP contribution in [0.5, 0.6) is 0 Å². The molecule has 0 bridgehead atoms. The average molecular weight is 253 g/mol. The molecule has 0 radical (unpaired) electrons. The number of fused-ring (bicyclic) bond motifs is 1. The van der Waals surface area contributed by atoms with Crippen LogP contribution in [0.4, 0.5) is 5.69 Å². The number of carbonyl (C=O) groups is 1. The molecule has 0 amide bonds. The van der Waals surface area contributed by atoms with Gasteiger partial charge in [-0.05, 0) is 31.0 Å². The van der Waals surface area contributed by atoms with E-state index in [2.05, 4.69) is 0 Å². The molecule has 1 unspecified atom stereocenters. The SMILES string of the molecule is Cc1ccc(C2OC(=O)c3ccccc32)c(N)c1C. The monoisotopic (exact) mass is 253 g/mol. The lowest BCUT2D eigenvalue weighted by molar-refractivity contribution is 0.0457. The highest BCUT2D eigenvalue weighted by Crippen LogP contribution is 2.39. The molecule has 2 N–H and O–H groups in total. The van der Waals surface area contributed by atoms with Crippen molar-refractivity contribution >= 4 is 11.7 Å². The Hall–Kier alpha value is -2.29. The fraction of sp³-hybridized carbons (Fsp3) is 0.188. The molecule has 1 heterocycles. The quantitative estimate of drug-likeness (QED) is 0.627. The van der Waals surface area contributed by atoms with Gasteiger partial charge in [0.15, 0.2) is 6.10 Å². The Morgan fingerprint density at radius 1 is 1.05 bits per heavy atom. The second kappa shape index (κ2) is 4.12. The minimum Gasteiger partial charge on any atom is -0.449 e. The Labute approximate surface area is 112 Å². The Morgan fingerprint density at radius 3 is 2.58 bits per heavy atom. The van der Waals surface area contributed by atoms with Crippen LogP contribution in [0.1, 0.15) is 38.7 Å². The predicted octanol–water partition coefficient (Wildman–Crippen LogP) is 3.15. The van der Waals surface area contributed by atoms with Gasteiger partial charge in [0.05, 0.1) is 5.56 Å². The van der Waals surface area contributed by atoms with Gasteiger partial charge in [-0.15, -0.1) is 0 Å². The molecule has 0 saturated carbocycles. The van der Waals surface area contributed by atoms with Crippen LogP contribution in [0.2, 0.25) is 0 Å². The summed E-state index contributed by atoms with van der Waals surface area (Å²) in [5, 5.41) is 0. The molecule has 19 heavy (non-hydrogen) atoms. The second-order valence-electron chi connectivity index (χ2n) is 4.88. The number of benzene rings is 2. The molecular weight excluding hydrogens is 238 g/mol. The first-order chi connectivity index (χ1) is 9.09. The van der Waals surface area contributed by atoms with E-state index in [0.29, 0.717) is 11.3 Å². The minimum absolute atomic E-state index is 0.279. The summed E-state index contributed by atoms with van der Waals surface area (Å²) >= 11 is 0. The highest BCUT2D eigenvalue weighted by atomic mass is 16.5. The number of esters is 1. The number of aryl methyl sites for hydroxylation is 1. The Morgan fingerprint density at radius 2 is 1.79 bits per heavy atom. The molecule has 2 aromatic rings. The van der Waals surface area contributed by atoms with E-state index >= 15 is 0 Å². The van der Waals surface area contributed by atoms with Crippen molar-refractivity contribution in [3.05, 3.63) is 64.2 Å². The van der Waals surface area contributed by atoms with Gasteiger partial charge in [0.25, 0.3) is 0 Å². The van der Waals surface area contributed by atoms with E-state index in [0.717, 1.165) is 22.3 Å². The summed E-state index contributed by atoms with van der Waals surface area (Å²) in [7, 11) is 0. The van der Waals surface area contributed by atoms with Gasteiger partial charge in [-0.1, -0.05) is 30.3 Å². The second-order valence-corrected chi connectivity index (χ2v) is 4.88. The predicted molar refractivity (Wildman–Crippen MR) is 74.0 cm³/mol. The van der Waals surface area contributed by atoms with Gasteiger partial charge in [0.2, 0.25) is 0 Å². The van der Waals surface area contributed by atoms with E-state index < -0.39 is 0 Å². The highest BCUT2D eigenvalue weighted by Gasteiger charge is 2.33. The van der Waals surface area contributed by atoms with Crippen LogP contribution >= 0.6 is 0 Å². The minimum atomic E-state index is -0.386. The number of rotatable bonds is 1. The number of ether oxygens (including phenoxy) is 1. The van der Waals surface area contributed by atoms with E-state index in [1.165, 1.54) is 0 Å². The topological polar surface area (TPSA) is 52.3 Å². The summed E-state index contributed by atoms with van der Waals surface area (Å²) in [4.78, 5) is 11.8. The molecule has 3 heteroatoms. The van der Waals surface area contributed by atoms with Crippen LogP contribution in [0.3, 0.4) is 0 Å². The first kappa shape index (κ1) is 11.8. The Balaban J connectivity index is 2.15. The first-order valence-electron chi connectivity index (χ1n) is 6.25. The van der Waals surface area contributed by atoms with Gasteiger partial charge >= 0.3 is 5.97 Å². The van der Waals surface area contributed by atoms with Crippen LogP contribution in [-0.4, -0.2) is 5.97 Å². The van der Waals surface area contributed by atoms with Crippen LogP contribution in [0.15, 0.2) is 36.4 Å². The van der Waals surface area contributed by atoms with Crippen molar-refractivity contribution in [3.8, 4) is 0 Å². The Kier molecular flexibility index (Phi) is 2.56. The van der Waals surface area contributed by atoms with Gasteiger partial charge in [0, 0.05) is 16.8 Å². The van der Waals surface area contributed by atoms with Crippen molar-refractivity contribution in [1.29, 1.82) is 0 Å². The van der Waals surface area contributed by atoms with Crippen LogP contribution in [0, 0.1) is 13.8 Å². The summed E-state index contributed by atoms with van der Waals surface area (Å²) < 4.78 is 5.47. The van der Waals surface area contributed by atoms with Gasteiger partial charge in [0.1, 0.15) is 0 Å². The summed E-state index contributed by atoms with van der Waals surface area (Å²) in [6, 6.07) is 11.4. The van der Waals surface area contributed by atoms with Gasteiger partial charge < -0.3 is 10.5 Å². The molecule has 96 valence electrons. The number of hydrogen-bond acceptors (Lipinski definition) is 3. The number of cyclic esters (lactones) is 1. The molecule has 1 aliphatic rings. The molecule has 0 spiro atoms. The number of nitrogen functional groups attached to an aromatic ring is 1. The van der Waals surface area contributed by atoms with Gasteiger partial charge in [-0.2, -0.15) is 0 Å². The molecule has 0 aromatic heterocycles. The van der Waals surface area contributed by atoms with Crippen molar-refractivity contribution in [1.82, 2.24) is 0 Å². The van der Waals surface area contributed by atoms with Crippen molar-refractivity contribution in [3.63, 3.8) is 0 Å². The Bertz CT molecular complexity index is 676. The molecule has 2 aromatic carbocycles. The summed E-state index contributed by atoms with van der Waals surface area (Å²) in [5.74, 6) is -0.279. The molecule has 0 fully saturated rings. The summed E-state index contributed by atoms with van der Waals surface area (Å²) in [6.45, 7) is 4.00. The number of hydrogen-bond donors (Lipinski definition) is 1. The third-order valence-electron chi connectivity index (χ3n) is 3.79. The van der Waals surface area contributed by atoms with Crippen molar-refractivity contribution < 1.29 is 9.53 Å². The lowest BCUT2D eigenvalue weighted by Crippen LogP contribution is -2.06.